The molecular weight excluding hydrogens is 478 g/mol. The van der Waals surface area contributed by atoms with E-state index in [0.29, 0.717) is 11.8 Å². The number of rotatable bonds is 4. The second kappa shape index (κ2) is 8.52. The summed E-state index contributed by atoms with van der Waals surface area (Å²) in [7, 11) is 1.35. The molecule has 1 aliphatic rings. The molecule has 184 valence electrons. The lowest BCUT2D eigenvalue weighted by Crippen LogP contribution is -2.55. The number of alkyl halides is 6. The van der Waals surface area contributed by atoms with E-state index in [2.05, 4.69) is 15.1 Å². The van der Waals surface area contributed by atoms with Crippen LogP contribution >= 0.6 is 0 Å². The van der Waals surface area contributed by atoms with Crippen molar-refractivity contribution in [1.82, 2.24) is 9.97 Å². The Hall–Kier alpha value is -3.67. The summed E-state index contributed by atoms with van der Waals surface area (Å²) in [4.78, 5) is 7.22. The topological polar surface area (TPSA) is 70.8 Å². The number of hydrogen-bond acceptors (Lipinski definition) is 6. The third-order valence-electron chi connectivity index (χ3n) is 5.38. The van der Waals surface area contributed by atoms with Crippen molar-refractivity contribution in [2.75, 3.05) is 12.1 Å². The standard InChI is InChI=1S/C23H18F6N4O2/c1-13-6-8-14(9-7-13)18-12-21(34,23(27,28)29)33(32-18)20-30-17(11-19(31-20)22(24,25)26)15-4-3-5-16(10-15)35-2/h3-11,34H,12H2,1-2H3. The SMILES string of the molecule is COc1cccc(-c2cc(C(F)(F)F)nc(N3N=C(c4ccc(C)cc4)CC3(O)C(F)(F)F)n2)c1. The fourth-order valence-electron chi connectivity index (χ4n) is 3.49. The lowest BCUT2D eigenvalue weighted by atomic mass is 10.0. The zero-order chi connectivity index (χ0) is 25.6. The molecule has 0 fully saturated rings. The van der Waals surface area contributed by atoms with E-state index in [9.17, 15) is 31.4 Å². The quantitative estimate of drug-likeness (QED) is 0.494. The maximum atomic E-state index is 14.0. The zero-order valence-corrected chi connectivity index (χ0v) is 18.3. The molecule has 0 aliphatic carbocycles. The highest BCUT2D eigenvalue weighted by Crippen LogP contribution is 2.44. The molecule has 0 bridgehead atoms. The second-order valence-electron chi connectivity index (χ2n) is 7.88. The van der Waals surface area contributed by atoms with Crippen molar-refractivity contribution in [2.24, 2.45) is 5.10 Å². The molecule has 1 atom stereocenters. The Kier molecular flexibility index (Phi) is 5.95. The first-order chi connectivity index (χ1) is 16.3. The van der Waals surface area contributed by atoms with E-state index in [1.54, 1.807) is 19.1 Å². The Morgan fingerprint density at radius 3 is 2.23 bits per heavy atom. The van der Waals surface area contributed by atoms with Crippen molar-refractivity contribution < 1.29 is 36.2 Å². The largest absolute Gasteiger partial charge is 0.497 e. The summed E-state index contributed by atoms with van der Waals surface area (Å²) in [5.74, 6) is -0.761. The van der Waals surface area contributed by atoms with Crippen LogP contribution in [0.5, 0.6) is 5.75 Å². The Morgan fingerprint density at radius 2 is 1.63 bits per heavy atom. The molecule has 0 saturated heterocycles. The van der Waals surface area contributed by atoms with Gasteiger partial charge in [0.15, 0.2) is 5.69 Å². The molecule has 1 aliphatic heterocycles. The molecule has 1 N–H and O–H groups in total. The Balaban J connectivity index is 1.91. The third-order valence-corrected chi connectivity index (χ3v) is 5.38. The zero-order valence-electron chi connectivity index (χ0n) is 18.3. The van der Waals surface area contributed by atoms with Gasteiger partial charge in [0.05, 0.1) is 24.9 Å². The highest BCUT2D eigenvalue weighted by Gasteiger charge is 2.63. The summed E-state index contributed by atoms with van der Waals surface area (Å²) >= 11 is 0. The number of halogens is 6. The molecule has 0 amide bonds. The molecule has 6 nitrogen and oxygen atoms in total. The highest BCUT2D eigenvalue weighted by atomic mass is 19.4. The molecule has 0 radical (unpaired) electrons. The highest BCUT2D eigenvalue weighted by molar-refractivity contribution is 6.03. The summed E-state index contributed by atoms with van der Waals surface area (Å²) in [5.41, 5.74) is -4.44. The summed E-state index contributed by atoms with van der Waals surface area (Å²) in [6.45, 7) is 1.77. The average molecular weight is 496 g/mol. The molecule has 12 heteroatoms. The summed E-state index contributed by atoms with van der Waals surface area (Å²) in [6.07, 6.45) is -11.3. The van der Waals surface area contributed by atoms with Gasteiger partial charge >= 0.3 is 12.4 Å². The summed E-state index contributed by atoms with van der Waals surface area (Å²) in [5, 5.41) is 14.5. The average Bonchev–Trinajstić information content (AvgIpc) is 3.17. The van der Waals surface area contributed by atoms with Crippen molar-refractivity contribution in [3.05, 3.63) is 71.4 Å². The van der Waals surface area contributed by atoms with Crippen LogP contribution in [0.15, 0.2) is 59.7 Å². The van der Waals surface area contributed by atoms with Gasteiger partial charge in [0.1, 0.15) is 5.75 Å². The molecule has 1 unspecified atom stereocenters. The van der Waals surface area contributed by atoms with Gasteiger partial charge in [-0.05, 0) is 30.7 Å². The van der Waals surface area contributed by atoms with Crippen LogP contribution in [0.4, 0.5) is 32.3 Å². The summed E-state index contributed by atoms with van der Waals surface area (Å²) in [6, 6.07) is 12.7. The number of aliphatic hydroxyl groups is 1. The molecule has 2 heterocycles. The van der Waals surface area contributed by atoms with Crippen LogP contribution in [0, 0.1) is 6.92 Å². The van der Waals surface area contributed by atoms with E-state index in [1.807, 2.05) is 0 Å². The minimum atomic E-state index is -5.29. The number of nitrogens with zero attached hydrogens (tertiary/aromatic N) is 4. The first kappa shape index (κ1) is 24.5. The van der Waals surface area contributed by atoms with Crippen LogP contribution in [-0.2, 0) is 6.18 Å². The van der Waals surface area contributed by atoms with E-state index < -0.39 is 36.1 Å². The van der Waals surface area contributed by atoms with Gasteiger partial charge in [0.25, 0.3) is 5.72 Å². The smallest absolute Gasteiger partial charge is 0.438 e. The van der Waals surface area contributed by atoms with Crippen LogP contribution in [0.1, 0.15) is 23.2 Å². The van der Waals surface area contributed by atoms with Crippen LogP contribution < -0.4 is 9.75 Å². The van der Waals surface area contributed by atoms with Gasteiger partial charge in [0, 0.05) is 5.56 Å². The number of aryl methyl sites for hydroxylation is 1. The maximum absolute atomic E-state index is 14.0. The fourth-order valence-corrected chi connectivity index (χ4v) is 3.49. The fraction of sp³-hybridized carbons (Fsp3) is 0.261. The van der Waals surface area contributed by atoms with Gasteiger partial charge < -0.3 is 9.84 Å². The Bertz CT molecular complexity index is 1270. The lowest BCUT2D eigenvalue weighted by molar-refractivity contribution is -0.254. The number of anilines is 1. The number of hydrogen-bond donors (Lipinski definition) is 1. The van der Waals surface area contributed by atoms with Crippen LogP contribution in [-0.4, -0.2) is 39.8 Å². The minimum Gasteiger partial charge on any atom is -0.497 e. The van der Waals surface area contributed by atoms with E-state index in [4.69, 9.17) is 4.74 Å². The van der Waals surface area contributed by atoms with Crippen molar-refractivity contribution >= 4 is 11.7 Å². The molecule has 3 aromatic rings. The predicted molar refractivity (Wildman–Crippen MR) is 115 cm³/mol. The van der Waals surface area contributed by atoms with Crippen molar-refractivity contribution in [3.8, 4) is 17.0 Å². The van der Waals surface area contributed by atoms with Gasteiger partial charge in [0.2, 0.25) is 5.95 Å². The van der Waals surface area contributed by atoms with Crippen molar-refractivity contribution in [2.45, 2.75) is 31.4 Å². The van der Waals surface area contributed by atoms with Crippen molar-refractivity contribution in [3.63, 3.8) is 0 Å². The number of hydrazone groups is 1. The second-order valence-corrected chi connectivity index (χ2v) is 7.88. The normalized spacial score (nSPS) is 18.5. The monoisotopic (exact) mass is 496 g/mol. The molecule has 1 aromatic heterocycles. The van der Waals surface area contributed by atoms with E-state index >= 15 is 0 Å². The van der Waals surface area contributed by atoms with E-state index in [1.165, 1.54) is 43.5 Å². The van der Waals surface area contributed by atoms with E-state index in [-0.39, 0.29) is 27.5 Å². The number of ether oxygens (including phenoxy) is 1. The third kappa shape index (κ3) is 4.65. The minimum absolute atomic E-state index is 0.00109. The van der Waals surface area contributed by atoms with Crippen LogP contribution in [0.2, 0.25) is 0 Å². The predicted octanol–water partition coefficient (Wildman–Crippen LogP) is 5.34. The van der Waals surface area contributed by atoms with Gasteiger partial charge in [-0.1, -0.05) is 42.0 Å². The molecule has 2 aromatic carbocycles. The summed E-state index contributed by atoms with van der Waals surface area (Å²) < 4.78 is 88.1. The number of benzene rings is 2. The first-order valence-corrected chi connectivity index (χ1v) is 10.2. The van der Waals surface area contributed by atoms with Crippen LogP contribution in [0.25, 0.3) is 11.3 Å². The number of methoxy groups -OCH3 is 1. The first-order valence-electron chi connectivity index (χ1n) is 10.2. The van der Waals surface area contributed by atoms with Gasteiger partial charge in [-0.2, -0.15) is 36.5 Å². The van der Waals surface area contributed by atoms with Gasteiger partial charge in [-0.25, -0.2) is 9.97 Å². The maximum Gasteiger partial charge on any atom is 0.438 e. The lowest BCUT2D eigenvalue weighted by Gasteiger charge is -2.32. The molecule has 4 rings (SSSR count). The Morgan fingerprint density at radius 1 is 0.943 bits per heavy atom. The van der Waals surface area contributed by atoms with Crippen LogP contribution in [0.3, 0.4) is 0 Å². The molecule has 35 heavy (non-hydrogen) atoms. The molecule has 0 saturated carbocycles. The van der Waals surface area contributed by atoms with E-state index in [0.717, 1.165) is 5.56 Å². The number of aromatic nitrogens is 2. The van der Waals surface area contributed by atoms with Crippen molar-refractivity contribution in [1.29, 1.82) is 0 Å². The Labute approximate surface area is 195 Å². The molecule has 0 spiro atoms. The van der Waals surface area contributed by atoms with Gasteiger partial charge in [-0.3, -0.25) is 0 Å². The van der Waals surface area contributed by atoms with Gasteiger partial charge in [-0.15, -0.1) is 0 Å². The molecular formula is C23H18F6N4O2.